The highest BCUT2D eigenvalue weighted by Gasteiger charge is 2.14. The van der Waals surface area contributed by atoms with E-state index < -0.39 is 0 Å². The number of aromatic amines is 1. The lowest BCUT2D eigenvalue weighted by Crippen LogP contribution is -1.97. The van der Waals surface area contributed by atoms with Crippen molar-refractivity contribution in [1.29, 1.82) is 0 Å². The van der Waals surface area contributed by atoms with E-state index in [0.29, 0.717) is 5.82 Å². The van der Waals surface area contributed by atoms with Crippen molar-refractivity contribution in [2.24, 2.45) is 0 Å². The molecule has 21 heavy (non-hydrogen) atoms. The molecule has 2 aromatic heterocycles. The van der Waals surface area contributed by atoms with E-state index in [4.69, 9.17) is 5.73 Å². The lowest BCUT2D eigenvalue weighted by molar-refractivity contribution is 1.09. The van der Waals surface area contributed by atoms with Crippen molar-refractivity contribution in [2.45, 2.75) is 0 Å². The predicted octanol–water partition coefficient (Wildman–Crippen LogP) is 3.78. The molecule has 0 aliphatic heterocycles. The average Bonchev–Trinajstić information content (AvgIpc) is 2.86. The molecule has 0 spiro atoms. The number of fused-ring (bicyclic) bond motifs is 3. The highest BCUT2D eigenvalue weighted by molar-refractivity contribution is 6.10. The van der Waals surface area contributed by atoms with E-state index in [1.807, 2.05) is 54.6 Å². The van der Waals surface area contributed by atoms with Crippen molar-refractivity contribution in [2.75, 3.05) is 5.73 Å². The van der Waals surface area contributed by atoms with Crippen LogP contribution in [-0.4, -0.2) is 15.2 Å². The van der Waals surface area contributed by atoms with Crippen LogP contribution in [0.1, 0.15) is 0 Å². The van der Waals surface area contributed by atoms with Gasteiger partial charge in [0.1, 0.15) is 5.52 Å². The fourth-order valence-corrected chi connectivity index (χ4v) is 2.59. The molecular weight excluding hydrogens is 284 g/mol. The van der Waals surface area contributed by atoms with Crippen LogP contribution in [-0.2, 0) is 0 Å². The normalized spacial score (nSPS) is 10.7. The van der Waals surface area contributed by atoms with Gasteiger partial charge in [-0.15, -0.1) is 22.6 Å². The summed E-state index contributed by atoms with van der Waals surface area (Å²) in [7, 11) is 0. The van der Waals surface area contributed by atoms with Crippen LogP contribution in [0.25, 0.3) is 33.1 Å². The van der Waals surface area contributed by atoms with Crippen LogP contribution in [0, 0.1) is 0 Å². The Labute approximate surface area is 127 Å². The summed E-state index contributed by atoms with van der Waals surface area (Å²) in [4.78, 5) is 3.40. The van der Waals surface area contributed by atoms with Gasteiger partial charge in [-0.05, 0) is 11.6 Å². The molecular formula is C16H13ClN4. The number of nitrogens with one attached hydrogen (secondary N) is 1. The molecule has 0 saturated heterocycles. The van der Waals surface area contributed by atoms with Crippen LogP contribution in [0.5, 0.6) is 0 Å². The second-order valence-corrected chi connectivity index (χ2v) is 4.72. The number of nitrogen functional groups attached to an aromatic ring is 1. The number of benzene rings is 2. The van der Waals surface area contributed by atoms with E-state index in [9.17, 15) is 0 Å². The van der Waals surface area contributed by atoms with Crippen molar-refractivity contribution in [3.05, 3.63) is 54.6 Å². The van der Waals surface area contributed by atoms with Gasteiger partial charge in [-0.25, -0.2) is 0 Å². The number of aromatic nitrogens is 3. The van der Waals surface area contributed by atoms with Crippen molar-refractivity contribution < 1.29 is 0 Å². The van der Waals surface area contributed by atoms with E-state index >= 15 is 0 Å². The van der Waals surface area contributed by atoms with Crippen molar-refractivity contribution in [3.63, 3.8) is 0 Å². The van der Waals surface area contributed by atoms with Crippen LogP contribution in [0.4, 0.5) is 5.82 Å². The molecule has 0 bridgehead atoms. The molecule has 4 aromatic rings. The maximum atomic E-state index is 6.05. The predicted molar refractivity (Wildman–Crippen MR) is 88.5 cm³/mol. The first-order chi connectivity index (χ1) is 9.84. The number of nitrogens with zero attached hydrogens (tertiary/aromatic N) is 2. The number of H-pyrrole nitrogens is 1. The summed E-state index contributed by atoms with van der Waals surface area (Å²) in [6.07, 6.45) is 0. The Bertz CT molecular complexity index is 916. The number of hydrogen-bond donors (Lipinski definition) is 2. The molecule has 4 rings (SSSR count). The highest BCUT2D eigenvalue weighted by Crippen LogP contribution is 2.34. The van der Waals surface area contributed by atoms with Crippen LogP contribution in [0.15, 0.2) is 54.6 Å². The van der Waals surface area contributed by atoms with Gasteiger partial charge in [-0.3, -0.25) is 0 Å². The van der Waals surface area contributed by atoms with Gasteiger partial charge in [0.25, 0.3) is 0 Å². The van der Waals surface area contributed by atoms with Crippen LogP contribution >= 0.6 is 12.4 Å². The van der Waals surface area contributed by atoms with Crippen molar-refractivity contribution in [1.82, 2.24) is 15.2 Å². The summed E-state index contributed by atoms with van der Waals surface area (Å²) in [5.41, 5.74) is 10.8. The first kappa shape index (κ1) is 13.4. The molecule has 3 N–H and O–H groups in total. The minimum Gasteiger partial charge on any atom is -0.382 e. The summed E-state index contributed by atoms with van der Waals surface area (Å²) < 4.78 is 0. The molecule has 5 heteroatoms. The SMILES string of the molecule is Cl.Nc1nnc2c([nH]c3ccccc32)c1-c1ccccc1. The van der Waals surface area contributed by atoms with Gasteiger partial charge >= 0.3 is 0 Å². The number of hydrogen-bond acceptors (Lipinski definition) is 3. The monoisotopic (exact) mass is 296 g/mol. The number of halogens is 1. The Balaban J connectivity index is 0.00000132. The number of anilines is 1. The second kappa shape index (κ2) is 5.07. The molecule has 2 aromatic carbocycles. The maximum Gasteiger partial charge on any atom is 0.156 e. The summed E-state index contributed by atoms with van der Waals surface area (Å²) in [5, 5.41) is 9.42. The smallest absolute Gasteiger partial charge is 0.156 e. The number of nitrogens with two attached hydrogens (primary N) is 1. The zero-order valence-corrected chi connectivity index (χ0v) is 11.9. The van der Waals surface area contributed by atoms with Gasteiger partial charge < -0.3 is 10.7 Å². The van der Waals surface area contributed by atoms with Gasteiger partial charge in [-0.1, -0.05) is 48.5 Å². The standard InChI is InChI=1S/C16H12N4.ClH/c17-16-13(10-6-2-1-3-7-10)15-14(19-20-16)11-8-4-5-9-12(11)18-15;/h1-9,18H,(H2,17,20);1H. The Morgan fingerprint density at radius 1 is 0.857 bits per heavy atom. The Morgan fingerprint density at radius 2 is 1.57 bits per heavy atom. The molecule has 104 valence electrons. The van der Waals surface area contributed by atoms with E-state index in [-0.39, 0.29) is 12.4 Å². The van der Waals surface area contributed by atoms with Crippen LogP contribution in [0.2, 0.25) is 0 Å². The molecule has 4 nitrogen and oxygen atoms in total. The zero-order valence-electron chi connectivity index (χ0n) is 11.1. The van der Waals surface area contributed by atoms with E-state index in [1.165, 1.54) is 0 Å². The quantitative estimate of drug-likeness (QED) is 0.561. The zero-order chi connectivity index (χ0) is 13.5. The first-order valence-electron chi connectivity index (χ1n) is 6.42. The molecule has 0 unspecified atom stereocenters. The van der Waals surface area contributed by atoms with Gasteiger partial charge in [0.2, 0.25) is 0 Å². The van der Waals surface area contributed by atoms with Crippen LogP contribution < -0.4 is 5.73 Å². The molecule has 0 atom stereocenters. The lowest BCUT2D eigenvalue weighted by atomic mass is 10.1. The first-order valence-corrected chi connectivity index (χ1v) is 6.42. The summed E-state index contributed by atoms with van der Waals surface area (Å²) in [6.45, 7) is 0. The van der Waals surface area contributed by atoms with E-state index in [2.05, 4.69) is 15.2 Å². The molecule has 0 aliphatic carbocycles. The summed E-state index contributed by atoms with van der Waals surface area (Å²) >= 11 is 0. The molecule has 2 heterocycles. The molecule has 0 fully saturated rings. The molecule has 0 radical (unpaired) electrons. The number of rotatable bonds is 1. The minimum atomic E-state index is 0. The lowest BCUT2D eigenvalue weighted by Gasteiger charge is -2.05. The van der Waals surface area contributed by atoms with Crippen molar-refractivity contribution in [3.8, 4) is 11.1 Å². The van der Waals surface area contributed by atoms with E-state index in [1.54, 1.807) is 0 Å². The molecule has 0 amide bonds. The topological polar surface area (TPSA) is 67.6 Å². The fourth-order valence-electron chi connectivity index (χ4n) is 2.59. The third kappa shape index (κ3) is 2.00. The minimum absolute atomic E-state index is 0. The summed E-state index contributed by atoms with van der Waals surface area (Å²) in [5.74, 6) is 0.440. The third-order valence-corrected chi connectivity index (χ3v) is 3.50. The highest BCUT2D eigenvalue weighted by atomic mass is 35.5. The molecule has 0 aliphatic rings. The third-order valence-electron chi connectivity index (χ3n) is 3.50. The van der Waals surface area contributed by atoms with Crippen LogP contribution in [0.3, 0.4) is 0 Å². The van der Waals surface area contributed by atoms with E-state index in [0.717, 1.165) is 33.1 Å². The number of para-hydroxylation sites is 1. The second-order valence-electron chi connectivity index (χ2n) is 4.72. The Kier molecular flexibility index (Phi) is 3.23. The van der Waals surface area contributed by atoms with Gasteiger partial charge in [0.15, 0.2) is 5.82 Å². The Hall–Kier alpha value is -2.59. The summed E-state index contributed by atoms with van der Waals surface area (Å²) in [6, 6.07) is 18.1. The van der Waals surface area contributed by atoms with Gasteiger partial charge in [0.05, 0.1) is 11.1 Å². The maximum absolute atomic E-state index is 6.05. The van der Waals surface area contributed by atoms with Crippen molar-refractivity contribution >= 4 is 40.2 Å². The largest absolute Gasteiger partial charge is 0.382 e. The average molecular weight is 297 g/mol. The fraction of sp³-hybridized carbons (Fsp3) is 0. The van der Waals surface area contributed by atoms with Gasteiger partial charge in [0, 0.05) is 10.9 Å². The van der Waals surface area contributed by atoms with Gasteiger partial charge in [-0.2, -0.15) is 0 Å². The Morgan fingerprint density at radius 3 is 2.38 bits per heavy atom. The molecule has 0 saturated carbocycles.